The van der Waals surface area contributed by atoms with E-state index in [1.54, 1.807) is 25.1 Å². The molecule has 2 amide bonds. The molecule has 1 atom stereocenters. The molecule has 1 N–H and O–H groups in total. The van der Waals surface area contributed by atoms with Gasteiger partial charge in [-0.3, -0.25) is 9.59 Å². The van der Waals surface area contributed by atoms with Gasteiger partial charge >= 0.3 is 0 Å². The summed E-state index contributed by atoms with van der Waals surface area (Å²) in [6.07, 6.45) is 0. The van der Waals surface area contributed by atoms with Gasteiger partial charge in [-0.15, -0.1) is 0 Å². The number of ether oxygens (including phenoxy) is 1. The van der Waals surface area contributed by atoms with E-state index in [0.717, 1.165) is 11.1 Å². The summed E-state index contributed by atoms with van der Waals surface area (Å²) in [6.45, 7) is 11.1. The maximum absolute atomic E-state index is 13.2. The minimum atomic E-state index is -0.749. The Kier molecular flexibility index (Phi) is 8.38. The van der Waals surface area contributed by atoms with E-state index in [1.165, 1.54) is 4.90 Å². The summed E-state index contributed by atoms with van der Waals surface area (Å²) in [4.78, 5) is 27.5. The Hall–Kier alpha value is -2.24. The number of benzene rings is 2. The number of hydrogen-bond acceptors (Lipinski definition) is 3. The van der Waals surface area contributed by atoms with Crippen LogP contribution in [0.1, 0.15) is 44.4 Å². The Morgan fingerprint density at radius 1 is 1.10 bits per heavy atom. The van der Waals surface area contributed by atoms with Crippen LogP contribution in [-0.4, -0.2) is 34.9 Å². The van der Waals surface area contributed by atoms with Crippen molar-refractivity contribution in [2.75, 3.05) is 6.61 Å². The van der Waals surface area contributed by atoms with Crippen LogP contribution in [0.25, 0.3) is 0 Å². The number of rotatable bonds is 7. The van der Waals surface area contributed by atoms with Gasteiger partial charge < -0.3 is 15.0 Å². The first kappa shape index (κ1) is 25.0. The molecule has 0 saturated heterocycles. The molecule has 7 heteroatoms. The van der Waals surface area contributed by atoms with Crippen molar-refractivity contribution in [2.24, 2.45) is 0 Å². The monoisotopic (exact) mass is 464 g/mol. The molecule has 5 nitrogen and oxygen atoms in total. The maximum atomic E-state index is 13.2. The first-order chi connectivity index (χ1) is 14.4. The van der Waals surface area contributed by atoms with Crippen molar-refractivity contribution in [3.05, 3.63) is 63.1 Å². The van der Waals surface area contributed by atoms with Gasteiger partial charge in [-0.05, 0) is 70.9 Å². The van der Waals surface area contributed by atoms with E-state index in [9.17, 15) is 9.59 Å². The van der Waals surface area contributed by atoms with Crippen LogP contribution >= 0.6 is 23.2 Å². The van der Waals surface area contributed by atoms with Crippen molar-refractivity contribution in [3.63, 3.8) is 0 Å². The summed E-state index contributed by atoms with van der Waals surface area (Å²) in [7, 11) is 0. The van der Waals surface area contributed by atoms with Crippen LogP contribution in [0.4, 0.5) is 0 Å². The topological polar surface area (TPSA) is 58.6 Å². The van der Waals surface area contributed by atoms with E-state index in [0.29, 0.717) is 21.4 Å². The number of hydrogen-bond donors (Lipinski definition) is 1. The van der Waals surface area contributed by atoms with Crippen molar-refractivity contribution in [1.82, 2.24) is 10.2 Å². The molecule has 0 aliphatic heterocycles. The molecule has 0 aromatic heterocycles. The Balaban J connectivity index is 2.28. The third-order valence-electron chi connectivity index (χ3n) is 4.75. The normalized spacial score (nSPS) is 12.3. The Morgan fingerprint density at radius 2 is 1.71 bits per heavy atom. The molecule has 2 aromatic rings. The van der Waals surface area contributed by atoms with Gasteiger partial charge in [-0.25, -0.2) is 0 Å². The smallest absolute Gasteiger partial charge is 0.261 e. The van der Waals surface area contributed by atoms with Crippen LogP contribution < -0.4 is 10.1 Å². The second kappa shape index (κ2) is 10.4. The van der Waals surface area contributed by atoms with Gasteiger partial charge in [0, 0.05) is 27.7 Å². The number of amides is 2. The van der Waals surface area contributed by atoms with Crippen LogP contribution in [-0.2, 0) is 16.1 Å². The van der Waals surface area contributed by atoms with Crippen molar-refractivity contribution < 1.29 is 14.3 Å². The van der Waals surface area contributed by atoms with Crippen molar-refractivity contribution in [3.8, 4) is 5.75 Å². The molecule has 0 unspecified atom stereocenters. The number of carbonyl (C=O) groups excluding carboxylic acids is 2. The molecule has 168 valence electrons. The largest absolute Gasteiger partial charge is 0.483 e. The first-order valence-corrected chi connectivity index (χ1v) is 10.9. The van der Waals surface area contributed by atoms with Gasteiger partial charge in [0.2, 0.25) is 5.91 Å². The quantitative estimate of drug-likeness (QED) is 0.602. The summed E-state index contributed by atoms with van der Waals surface area (Å²) in [5, 5.41) is 3.79. The van der Waals surface area contributed by atoms with Crippen LogP contribution in [0.15, 0.2) is 36.4 Å². The molecule has 31 heavy (non-hydrogen) atoms. The molecule has 0 saturated carbocycles. The standard InChI is InChI=1S/C24H30Cl2N2O3/c1-15-10-11-16(2)21(12-15)31-14-22(29)28(17(3)23(30)27-24(4,5)6)13-18-19(25)8-7-9-20(18)26/h7-12,17H,13-14H2,1-6H3,(H,27,30)/t17-/m0/s1. The molecule has 0 aliphatic carbocycles. The average molecular weight is 465 g/mol. The molecule has 0 spiro atoms. The zero-order chi connectivity index (χ0) is 23.3. The molecule has 0 fully saturated rings. The second-order valence-electron chi connectivity index (χ2n) is 8.69. The summed E-state index contributed by atoms with van der Waals surface area (Å²) < 4.78 is 5.80. The predicted molar refractivity (Wildman–Crippen MR) is 126 cm³/mol. The summed E-state index contributed by atoms with van der Waals surface area (Å²) in [5.41, 5.74) is 2.11. The summed E-state index contributed by atoms with van der Waals surface area (Å²) >= 11 is 12.7. The number of nitrogens with one attached hydrogen (secondary N) is 1. The third kappa shape index (κ3) is 7.15. The van der Waals surface area contributed by atoms with Gasteiger partial charge in [0.1, 0.15) is 11.8 Å². The number of nitrogens with zero attached hydrogens (tertiary/aromatic N) is 1. The van der Waals surface area contributed by atoms with E-state index in [-0.39, 0.29) is 25.0 Å². The molecule has 2 rings (SSSR count). The van der Waals surface area contributed by atoms with Gasteiger partial charge in [0.05, 0.1) is 0 Å². The van der Waals surface area contributed by atoms with Gasteiger partial charge in [-0.2, -0.15) is 0 Å². The molecule has 0 bridgehead atoms. The van der Waals surface area contributed by atoms with Crippen molar-refractivity contribution in [2.45, 2.75) is 59.7 Å². The highest BCUT2D eigenvalue weighted by Gasteiger charge is 2.29. The molecule has 0 radical (unpaired) electrons. The number of halogens is 2. The SMILES string of the molecule is Cc1ccc(C)c(OCC(=O)N(Cc2c(Cl)cccc2Cl)[C@@H](C)C(=O)NC(C)(C)C)c1. The van der Waals surface area contributed by atoms with Gasteiger partial charge in [0.15, 0.2) is 6.61 Å². The fraction of sp³-hybridized carbons (Fsp3) is 0.417. The maximum Gasteiger partial charge on any atom is 0.261 e. The average Bonchev–Trinajstić information content (AvgIpc) is 2.66. The van der Waals surface area contributed by atoms with E-state index in [2.05, 4.69) is 5.32 Å². The second-order valence-corrected chi connectivity index (χ2v) is 9.51. The molecular weight excluding hydrogens is 435 g/mol. The number of aryl methyl sites for hydroxylation is 2. The highest BCUT2D eigenvalue weighted by molar-refractivity contribution is 6.36. The summed E-state index contributed by atoms with van der Waals surface area (Å²) in [5.74, 6) is 0.0279. The summed E-state index contributed by atoms with van der Waals surface area (Å²) in [6, 6.07) is 10.2. The van der Waals surface area contributed by atoms with E-state index >= 15 is 0 Å². The molecule has 0 heterocycles. The molecular formula is C24H30Cl2N2O3. The lowest BCUT2D eigenvalue weighted by Crippen LogP contribution is -2.53. The van der Waals surface area contributed by atoms with E-state index in [4.69, 9.17) is 27.9 Å². The van der Waals surface area contributed by atoms with Crippen molar-refractivity contribution in [1.29, 1.82) is 0 Å². The highest BCUT2D eigenvalue weighted by atomic mass is 35.5. The third-order valence-corrected chi connectivity index (χ3v) is 5.46. The minimum absolute atomic E-state index is 0.0895. The van der Waals surface area contributed by atoms with Gasteiger partial charge in [-0.1, -0.05) is 41.4 Å². The number of carbonyl (C=O) groups is 2. The zero-order valence-corrected chi connectivity index (χ0v) is 20.4. The Morgan fingerprint density at radius 3 is 2.29 bits per heavy atom. The van der Waals surface area contributed by atoms with E-state index < -0.39 is 11.6 Å². The van der Waals surface area contributed by atoms with Crippen LogP contribution in [0, 0.1) is 13.8 Å². The minimum Gasteiger partial charge on any atom is -0.483 e. The predicted octanol–water partition coefficient (Wildman–Crippen LogP) is 5.32. The fourth-order valence-corrected chi connectivity index (χ4v) is 3.51. The van der Waals surface area contributed by atoms with Crippen LogP contribution in [0.5, 0.6) is 5.75 Å². The zero-order valence-electron chi connectivity index (χ0n) is 18.9. The van der Waals surface area contributed by atoms with Crippen LogP contribution in [0.2, 0.25) is 10.0 Å². The molecule has 2 aromatic carbocycles. The van der Waals surface area contributed by atoms with Gasteiger partial charge in [0.25, 0.3) is 5.91 Å². The Labute approximate surface area is 194 Å². The highest BCUT2D eigenvalue weighted by Crippen LogP contribution is 2.27. The lowest BCUT2D eigenvalue weighted by atomic mass is 10.1. The van der Waals surface area contributed by atoms with Crippen molar-refractivity contribution >= 4 is 35.0 Å². The first-order valence-electron chi connectivity index (χ1n) is 10.1. The van der Waals surface area contributed by atoms with E-state index in [1.807, 2.05) is 52.8 Å². The molecule has 0 aliphatic rings. The fourth-order valence-electron chi connectivity index (χ4n) is 3.00. The van der Waals surface area contributed by atoms with Crippen LogP contribution in [0.3, 0.4) is 0 Å². The Bertz CT molecular complexity index is 934. The lowest BCUT2D eigenvalue weighted by Gasteiger charge is -2.32. The lowest BCUT2D eigenvalue weighted by molar-refractivity contribution is -0.142.